The summed E-state index contributed by atoms with van der Waals surface area (Å²) in [7, 11) is 0. The summed E-state index contributed by atoms with van der Waals surface area (Å²) in [6.45, 7) is 7.38. The molecule has 1 saturated carbocycles. The van der Waals surface area contributed by atoms with E-state index in [9.17, 15) is 9.90 Å². The Bertz CT molecular complexity index is 535. The number of carbonyl (C=O) groups excluding carboxylic acids is 1. The average molecular weight is 316 g/mol. The lowest BCUT2D eigenvalue weighted by atomic mass is 9.98. The molecule has 2 aliphatic rings. The van der Waals surface area contributed by atoms with Crippen LogP contribution in [0.25, 0.3) is 0 Å². The third-order valence-electron chi connectivity index (χ3n) is 5.49. The van der Waals surface area contributed by atoms with Gasteiger partial charge in [0, 0.05) is 32.2 Å². The van der Waals surface area contributed by atoms with E-state index in [1.54, 1.807) is 0 Å². The summed E-state index contributed by atoms with van der Waals surface area (Å²) < 4.78 is 0. The minimum Gasteiger partial charge on any atom is -0.391 e. The minimum absolute atomic E-state index is 0.0841. The van der Waals surface area contributed by atoms with Crippen LogP contribution in [0.5, 0.6) is 0 Å². The van der Waals surface area contributed by atoms with E-state index in [0.29, 0.717) is 6.04 Å². The van der Waals surface area contributed by atoms with Gasteiger partial charge in [-0.3, -0.25) is 9.69 Å². The highest BCUT2D eigenvalue weighted by molar-refractivity contribution is 5.83. The number of carbonyl (C=O) groups is 1. The van der Waals surface area contributed by atoms with Crippen LogP contribution in [0.3, 0.4) is 0 Å². The summed E-state index contributed by atoms with van der Waals surface area (Å²) in [6, 6.07) is 8.56. The second kappa shape index (κ2) is 7.02. The van der Waals surface area contributed by atoms with Crippen molar-refractivity contribution < 1.29 is 9.90 Å². The Hall–Kier alpha value is -1.39. The van der Waals surface area contributed by atoms with Crippen LogP contribution >= 0.6 is 0 Å². The molecule has 2 fully saturated rings. The highest BCUT2D eigenvalue weighted by Gasteiger charge is 2.34. The van der Waals surface area contributed by atoms with Crippen molar-refractivity contribution in [1.82, 2.24) is 9.80 Å². The average Bonchev–Trinajstić information content (AvgIpc) is 3.00. The number of benzene rings is 1. The highest BCUT2D eigenvalue weighted by atomic mass is 16.3. The lowest BCUT2D eigenvalue weighted by Gasteiger charge is -2.39. The molecule has 1 N–H and O–H groups in total. The number of amides is 1. The number of hydrogen-bond donors (Lipinski definition) is 1. The molecule has 4 nitrogen and oxygen atoms in total. The van der Waals surface area contributed by atoms with Crippen molar-refractivity contribution in [2.45, 2.75) is 51.2 Å². The summed E-state index contributed by atoms with van der Waals surface area (Å²) in [5, 5.41) is 10.1. The minimum atomic E-state index is -0.177. The van der Waals surface area contributed by atoms with Crippen molar-refractivity contribution in [3.8, 4) is 0 Å². The van der Waals surface area contributed by atoms with Crippen molar-refractivity contribution in [2.75, 3.05) is 26.2 Å². The van der Waals surface area contributed by atoms with Crippen molar-refractivity contribution >= 4 is 5.91 Å². The van der Waals surface area contributed by atoms with E-state index >= 15 is 0 Å². The summed E-state index contributed by atoms with van der Waals surface area (Å²) >= 11 is 0. The van der Waals surface area contributed by atoms with E-state index in [4.69, 9.17) is 0 Å². The maximum Gasteiger partial charge on any atom is 0.229 e. The highest BCUT2D eigenvalue weighted by Crippen LogP contribution is 2.26. The molecule has 3 atom stereocenters. The molecule has 0 aromatic heterocycles. The Balaban J connectivity index is 1.56. The number of piperazine rings is 1. The molecule has 126 valence electrons. The number of aryl methyl sites for hydroxylation is 1. The monoisotopic (exact) mass is 316 g/mol. The van der Waals surface area contributed by atoms with E-state index in [1.165, 1.54) is 5.56 Å². The summed E-state index contributed by atoms with van der Waals surface area (Å²) in [5.74, 6) is 0.139. The number of aliphatic hydroxyl groups is 1. The van der Waals surface area contributed by atoms with Gasteiger partial charge in [0.15, 0.2) is 0 Å². The Morgan fingerprint density at radius 2 is 1.78 bits per heavy atom. The van der Waals surface area contributed by atoms with Gasteiger partial charge in [-0.25, -0.2) is 0 Å². The van der Waals surface area contributed by atoms with Crippen LogP contribution in [-0.2, 0) is 4.79 Å². The van der Waals surface area contributed by atoms with Gasteiger partial charge < -0.3 is 10.0 Å². The number of nitrogens with zero attached hydrogens (tertiary/aromatic N) is 2. The largest absolute Gasteiger partial charge is 0.391 e. The molecule has 1 aromatic rings. The molecule has 3 rings (SSSR count). The van der Waals surface area contributed by atoms with Crippen LogP contribution in [0.2, 0.25) is 0 Å². The molecule has 0 unspecified atom stereocenters. The smallest absolute Gasteiger partial charge is 0.229 e. The van der Waals surface area contributed by atoms with Gasteiger partial charge in [-0.2, -0.15) is 0 Å². The predicted molar refractivity (Wildman–Crippen MR) is 91.4 cm³/mol. The molecule has 23 heavy (non-hydrogen) atoms. The van der Waals surface area contributed by atoms with Gasteiger partial charge >= 0.3 is 0 Å². The number of rotatable bonds is 3. The van der Waals surface area contributed by atoms with Crippen LogP contribution in [0, 0.1) is 6.92 Å². The first-order chi connectivity index (χ1) is 11.1. The zero-order valence-electron chi connectivity index (χ0n) is 14.2. The fourth-order valence-corrected chi connectivity index (χ4v) is 3.89. The fourth-order valence-electron chi connectivity index (χ4n) is 3.89. The van der Waals surface area contributed by atoms with Crippen molar-refractivity contribution in [3.05, 3.63) is 35.4 Å². The molecule has 1 saturated heterocycles. The second-order valence-electron chi connectivity index (χ2n) is 7.06. The van der Waals surface area contributed by atoms with E-state index in [2.05, 4.69) is 36.1 Å². The second-order valence-corrected chi connectivity index (χ2v) is 7.06. The SMILES string of the molecule is Cc1ccc([C@H](C)C(=O)N2CCN([C@H]3CCC[C@H]3O)CC2)cc1. The van der Waals surface area contributed by atoms with E-state index in [0.717, 1.165) is 51.0 Å². The molecule has 1 heterocycles. The third kappa shape index (κ3) is 3.59. The Kier molecular flexibility index (Phi) is 5.02. The van der Waals surface area contributed by atoms with Crippen molar-refractivity contribution in [2.24, 2.45) is 0 Å². The summed E-state index contributed by atoms with van der Waals surface area (Å²) in [6.07, 6.45) is 2.96. The van der Waals surface area contributed by atoms with Crippen molar-refractivity contribution in [1.29, 1.82) is 0 Å². The molecule has 1 aromatic carbocycles. The molecule has 1 aliphatic carbocycles. The Morgan fingerprint density at radius 3 is 2.35 bits per heavy atom. The molecule has 0 bridgehead atoms. The maximum absolute atomic E-state index is 12.7. The maximum atomic E-state index is 12.7. The lowest BCUT2D eigenvalue weighted by Crippen LogP contribution is -2.54. The van der Waals surface area contributed by atoms with Crippen LogP contribution < -0.4 is 0 Å². The zero-order chi connectivity index (χ0) is 16.4. The molecule has 1 amide bonds. The Labute approximate surface area is 139 Å². The topological polar surface area (TPSA) is 43.8 Å². The number of hydrogen-bond acceptors (Lipinski definition) is 3. The molecule has 1 aliphatic heterocycles. The first kappa shape index (κ1) is 16.5. The molecular weight excluding hydrogens is 288 g/mol. The summed E-state index contributed by atoms with van der Waals surface area (Å²) in [5.41, 5.74) is 2.31. The first-order valence-corrected chi connectivity index (χ1v) is 8.83. The molecule has 0 radical (unpaired) electrons. The predicted octanol–water partition coefficient (Wildman–Crippen LogP) is 2.16. The number of aliphatic hydroxyl groups excluding tert-OH is 1. The van der Waals surface area contributed by atoms with Crippen LogP contribution in [0.4, 0.5) is 0 Å². The normalized spacial score (nSPS) is 27.2. The Morgan fingerprint density at radius 1 is 1.13 bits per heavy atom. The van der Waals surface area contributed by atoms with Gasteiger partial charge in [-0.05, 0) is 38.7 Å². The van der Waals surface area contributed by atoms with E-state index in [-0.39, 0.29) is 17.9 Å². The van der Waals surface area contributed by atoms with Crippen LogP contribution in [0.15, 0.2) is 24.3 Å². The zero-order valence-corrected chi connectivity index (χ0v) is 14.2. The van der Waals surface area contributed by atoms with E-state index in [1.807, 2.05) is 11.8 Å². The molecule has 4 heteroatoms. The van der Waals surface area contributed by atoms with Crippen molar-refractivity contribution in [3.63, 3.8) is 0 Å². The first-order valence-electron chi connectivity index (χ1n) is 8.83. The van der Waals surface area contributed by atoms with Gasteiger partial charge in [-0.1, -0.05) is 29.8 Å². The molecular formula is C19H28N2O2. The van der Waals surface area contributed by atoms with E-state index < -0.39 is 0 Å². The van der Waals surface area contributed by atoms with Gasteiger partial charge in [0.05, 0.1) is 12.0 Å². The standard InChI is InChI=1S/C19H28N2O2/c1-14-6-8-16(9-7-14)15(2)19(23)21-12-10-20(11-13-21)17-4-3-5-18(17)22/h6-9,15,17-18,22H,3-5,10-13H2,1-2H3/t15-,17-,18+/m0/s1. The van der Waals surface area contributed by atoms with Gasteiger partial charge in [0.2, 0.25) is 5.91 Å². The van der Waals surface area contributed by atoms with Crippen LogP contribution in [-0.4, -0.2) is 59.1 Å². The molecule has 0 spiro atoms. The third-order valence-corrected chi connectivity index (χ3v) is 5.49. The quantitative estimate of drug-likeness (QED) is 0.929. The van der Waals surface area contributed by atoms with Crippen LogP contribution in [0.1, 0.15) is 43.2 Å². The summed E-state index contributed by atoms with van der Waals surface area (Å²) in [4.78, 5) is 17.1. The van der Waals surface area contributed by atoms with Gasteiger partial charge in [0.1, 0.15) is 0 Å². The van der Waals surface area contributed by atoms with Gasteiger partial charge in [0.25, 0.3) is 0 Å². The van der Waals surface area contributed by atoms with Gasteiger partial charge in [-0.15, -0.1) is 0 Å². The fraction of sp³-hybridized carbons (Fsp3) is 0.632. The lowest BCUT2D eigenvalue weighted by molar-refractivity contribution is -0.134.